The van der Waals surface area contributed by atoms with Crippen LogP contribution in [0.1, 0.15) is 5.56 Å². The number of carbonyl (C=O) groups excluding carboxylic acids is 1. The first-order valence-electron chi connectivity index (χ1n) is 9.61. The summed E-state index contributed by atoms with van der Waals surface area (Å²) in [6.45, 7) is 1.68. The second-order valence-electron chi connectivity index (χ2n) is 6.98. The zero-order valence-corrected chi connectivity index (χ0v) is 19.9. The number of anilines is 1. The first-order valence-corrected chi connectivity index (χ1v) is 11.9. The highest BCUT2D eigenvalue weighted by atomic mass is 35.5. The van der Waals surface area contributed by atoms with Gasteiger partial charge >= 0.3 is 0 Å². The number of hydrogen-bond donors (Lipinski definition) is 1. The predicted molar refractivity (Wildman–Crippen MR) is 130 cm³/mol. The van der Waals surface area contributed by atoms with Crippen LogP contribution in [0.2, 0.25) is 5.02 Å². The maximum Gasteiger partial charge on any atom is 0.272 e. The van der Waals surface area contributed by atoms with E-state index >= 15 is 0 Å². The van der Waals surface area contributed by atoms with Gasteiger partial charge in [0.15, 0.2) is 16.1 Å². The minimum absolute atomic E-state index is 0.0299. The number of thiazole rings is 1. The number of carbonyl (C=O) groups is 1. The third-order valence-electron chi connectivity index (χ3n) is 4.73. The van der Waals surface area contributed by atoms with E-state index in [-0.39, 0.29) is 17.3 Å². The van der Waals surface area contributed by atoms with Gasteiger partial charge < -0.3 is 9.88 Å². The standard InChI is InChI=1S/C21H17ClN6O3S2/c1-12-7-8-13(9-17(12)28(30)31)16-10-32-20(23-16)24-18(29)11-33-21-26-25-19(27(21)2)14-5-3-4-6-15(14)22/h3-10H,11H2,1-2H3,(H,23,24,29). The zero-order chi connectivity index (χ0) is 23.5. The summed E-state index contributed by atoms with van der Waals surface area (Å²) in [6, 6.07) is 12.3. The van der Waals surface area contributed by atoms with Crippen molar-refractivity contribution in [1.29, 1.82) is 0 Å². The second kappa shape index (κ2) is 9.69. The van der Waals surface area contributed by atoms with E-state index in [4.69, 9.17) is 11.6 Å². The summed E-state index contributed by atoms with van der Waals surface area (Å²) >= 11 is 8.74. The van der Waals surface area contributed by atoms with Gasteiger partial charge in [-0.3, -0.25) is 14.9 Å². The van der Waals surface area contributed by atoms with Gasteiger partial charge in [-0.25, -0.2) is 4.98 Å². The molecule has 1 amide bonds. The summed E-state index contributed by atoms with van der Waals surface area (Å²) in [7, 11) is 1.81. The van der Waals surface area contributed by atoms with Gasteiger partial charge in [-0.2, -0.15) is 0 Å². The molecule has 0 atom stereocenters. The molecule has 0 unspecified atom stereocenters. The molecule has 4 aromatic rings. The van der Waals surface area contributed by atoms with Crippen molar-refractivity contribution in [3.8, 4) is 22.6 Å². The molecule has 0 spiro atoms. The molecule has 0 bridgehead atoms. The molecule has 0 aliphatic heterocycles. The van der Waals surface area contributed by atoms with Crippen molar-refractivity contribution in [2.75, 3.05) is 11.1 Å². The number of nitrogens with one attached hydrogen (secondary N) is 1. The molecule has 9 nitrogen and oxygen atoms in total. The molecular weight excluding hydrogens is 484 g/mol. The lowest BCUT2D eigenvalue weighted by molar-refractivity contribution is -0.385. The third kappa shape index (κ3) is 5.05. The van der Waals surface area contributed by atoms with Crippen molar-refractivity contribution < 1.29 is 9.72 Å². The number of rotatable bonds is 7. The first-order chi connectivity index (χ1) is 15.8. The molecule has 33 heavy (non-hydrogen) atoms. The Labute approximate surface area is 202 Å². The molecule has 0 radical (unpaired) electrons. The molecule has 2 aromatic carbocycles. The topological polar surface area (TPSA) is 116 Å². The highest BCUT2D eigenvalue weighted by Gasteiger charge is 2.17. The molecular formula is C21H17ClN6O3S2. The number of aromatic nitrogens is 4. The molecule has 0 aliphatic rings. The van der Waals surface area contributed by atoms with Crippen molar-refractivity contribution >= 4 is 51.4 Å². The number of hydrogen-bond acceptors (Lipinski definition) is 8. The number of halogens is 1. The Balaban J connectivity index is 1.40. The van der Waals surface area contributed by atoms with Crippen LogP contribution >= 0.6 is 34.7 Å². The van der Waals surface area contributed by atoms with Crippen LogP contribution in [0.5, 0.6) is 0 Å². The Morgan fingerprint density at radius 3 is 2.82 bits per heavy atom. The van der Waals surface area contributed by atoms with E-state index in [0.717, 1.165) is 5.56 Å². The minimum atomic E-state index is -0.422. The lowest BCUT2D eigenvalue weighted by Crippen LogP contribution is -2.14. The summed E-state index contributed by atoms with van der Waals surface area (Å²) in [4.78, 5) is 27.6. The maximum atomic E-state index is 12.4. The number of nitrogens with zero attached hydrogens (tertiary/aromatic N) is 5. The number of nitro groups is 1. The molecule has 0 aliphatic carbocycles. The van der Waals surface area contributed by atoms with Crippen LogP contribution in [0.3, 0.4) is 0 Å². The summed E-state index contributed by atoms with van der Waals surface area (Å²) in [6.07, 6.45) is 0. The SMILES string of the molecule is Cc1ccc(-c2csc(NC(=O)CSc3nnc(-c4ccccc4Cl)n3C)n2)cc1[N+](=O)[O-]. The number of benzene rings is 2. The van der Waals surface area contributed by atoms with E-state index in [1.165, 1.54) is 29.2 Å². The van der Waals surface area contributed by atoms with Crippen LogP contribution < -0.4 is 5.32 Å². The van der Waals surface area contributed by atoms with E-state index in [2.05, 4.69) is 20.5 Å². The summed E-state index contributed by atoms with van der Waals surface area (Å²) in [5.74, 6) is 0.470. The van der Waals surface area contributed by atoms with Crippen LogP contribution in [0.4, 0.5) is 10.8 Å². The van der Waals surface area contributed by atoms with Crippen LogP contribution in [-0.2, 0) is 11.8 Å². The maximum absolute atomic E-state index is 12.4. The van der Waals surface area contributed by atoms with Crippen molar-refractivity contribution in [2.24, 2.45) is 7.05 Å². The zero-order valence-electron chi connectivity index (χ0n) is 17.5. The van der Waals surface area contributed by atoms with Crippen molar-refractivity contribution in [3.63, 3.8) is 0 Å². The quantitative estimate of drug-likeness (QED) is 0.210. The van der Waals surface area contributed by atoms with Crippen molar-refractivity contribution in [1.82, 2.24) is 19.7 Å². The van der Waals surface area contributed by atoms with Gasteiger partial charge in [0.25, 0.3) is 5.69 Å². The fraction of sp³-hybridized carbons (Fsp3) is 0.143. The van der Waals surface area contributed by atoms with Gasteiger partial charge in [0.2, 0.25) is 5.91 Å². The van der Waals surface area contributed by atoms with Crippen LogP contribution in [0.25, 0.3) is 22.6 Å². The summed E-state index contributed by atoms with van der Waals surface area (Å²) < 4.78 is 1.78. The van der Waals surface area contributed by atoms with Gasteiger partial charge in [-0.05, 0) is 19.1 Å². The normalized spacial score (nSPS) is 10.9. The highest BCUT2D eigenvalue weighted by molar-refractivity contribution is 7.99. The first kappa shape index (κ1) is 22.9. The Morgan fingerprint density at radius 1 is 1.27 bits per heavy atom. The van der Waals surface area contributed by atoms with E-state index in [1.807, 2.05) is 25.2 Å². The average molecular weight is 501 g/mol. The van der Waals surface area contributed by atoms with Gasteiger partial charge in [-0.1, -0.05) is 47.6 Å². The smallest absolute Gasteiger partial charge is 0.272 e. The van der Waals surface area contributed by atoms with Crippen molar-refractivity contribution in [2.45, 2.75) is 12.1 Å². The van der Waals surface area contributed by atoms with Gasteiger partial charge in [0.05, 0.1) is 21.4 Å². The molecule has 2 aromatic heterocycles. The number of amides is 1. The van der Waals surface area contributed by atoms with Gasteiger partial charge in [0, 0.05) is 35.2 Å². The molecule has 0 fully saturated rings. The highest BCUT2D eigenvalue weighted by Crippen LogP contribution is 2.30. The Hall–Kier alpha value is -3.28. The van der Waals surface area contributed by atoms with Gasteiger partial charge in [-0.15, -0.1) is 21.5 Å². The van der Waals surface area contributed by atoms with Crippen molar-refractivity contribution in [3.05, 3.63) is 68.5 Å². The molecule has 4 rings (SSSR count). The van der Waals surface area contributed by atoms with E-state index in [1.54, 1.807) is 35.1 Å². The molecule has 0 saturated carbocycles. The third-order valence-corrected chi connectivity index (χ3v) is 6.84. The van der Waals surface area contributed by atoms with E-state index in [0.29, 0.717) is 38.0 Å². The van der Waals surface area contributed by atoms with Crippen LogP contribution in [0.15, 0.2) is 53.0 Å². The monoisotopic (exact) mass is 500 g/mol. The summed E-state index contributed by atoms with van der Waals surface area (Å²) in [5, 5.41) is 25.6. The fourth-order valence-electron chi connectivity index (χ4n) is 3.03. The number of nitro benzene ring substituents is 1. The molecule has 2 heterocycles. The molecule has 0 saturated heterocycles. The lowest BCUT2D eigenvalue weighted by atomic mass is 10.1. The van der Waals surface area contributed by atoms with Crippen LogP contribution in [-0.4, -0.2) is 36.3 Å². The Kier molecular flexibility index (Phi) is 6.72. The van der Waals surface area contributed by atoms with E-state index < -0.39 is 4.92 Å². The molecule has 1 N–H and O–H groups in total. The Morgan fingerprint density at radius 2 is 2.06 bits per heavy atom. The summed E-state index contributed by atoms with van der Waals surface area (Å²) in [5.41, 5.74) is 2.54. The largest absolute Gasteiger partial charge is 0.305 e. The second-order valence-corrected chi connectivity index (χ2v) is 9.19. The lowest BCUT2D eigenvalue weighted by Gasteiger charge is -2.05. The fourth-order valence-corrected chi connectivity index (χ4v) is 4.70. The Bertz CT molecular complexity index is 1350. The van der Waals surface area contributed by atoms with E-state index in [9.17, 15) is 14.9 Å². The minimum Gasteiger partial charge on any atom is -0.305 e. The number of thioether (sulfide) groups is 1. The predicted octanol–water partition coefficient (Wildman–Crippen LogP) is 5.21. The van der Waals surface area contributed by atoms with Gasteiger partial charge in [0.1, 0.15) is 0 Å². The average Bonchev–Trinajstić information content (AvgIpc) is 3.39. The molecule has 168 valence electrons. The van der Waals surface area contributed by atoms with Crippen LogP contribution in [0, 0.1) is 17.0 Å². The number of aryl methyl sites for hydroxylation is 1. The molecule has 12 heteroatoms.